The summed E-state index contributed by atoms with van der Waals surface area (Å²) in [5, 5.41) is 2.68. The van der Waals surface area contributed by atoms with Gasteiger partial charge in [0.05, 0.1) is 18.2 Å². The molecule has 2 fully saturated rings. The molecule has 1 N–H and O–H groups in total. The molecule has 7 nitrogen and oxygen atoms in total. The zero-order valence-electron chi connectivity index (χ0n) is 18.5. The molecule has 2 atom stereocenters. The molecule has 4 rings (SSSR count). The third kappa shape index (κ3) is 5.33. The normalized spacial score (nSPS) is 21.8. The Morgan fingerprint density at radius 1 is 1.06 bits per heavy atom. The topological polar surface area (TPSA) is 98.8 Å². The summed E-state index contributed by atoms with van der Waals surface area (Å²) in [6, 6.07) is 11.2. The standard InChI is InChI=1S/C25H27NO6S/c1-2-31-25(30)23-19(13-20(33-23)15-7-4-3-5-8-15)26-21(27)14-32-24(29)18-11-16-9-6-10-17(12-18)22(16)28/h3-5,7-8,13,16-18H,2,6,9-12,14H2,1H3,(H,26,27). The molecule has 2 aromatic rings. The lowest BCUT2D eigenvalue weighted by molar-refractivity contribution is -0.155. The van der Waals surface area contributed by atoms with E-state index in [9.17, 15) is 19.2 Å². The molecular formula is C25H27NO6S. The van der Waals surface area contributed by atoms with Crippen molar-refractivity contribution in [2.45, 2.75) is 39.0 Å². The molecular weight excluding hydrogens is 442 g/mol. The molecule has 2 unspecified atom stereocenters. The number of hydrogen-bond acceptors (Lipinski definition) is 7. The Labute approximate surface area is 196 Å². The summed E-state index contributed by atoms with van der Waals surface area (Å²) in [6.07, 6.45) is 3.71. The van der Waals surface area contributed by atoms with Crippen LogP contribution in [-0.4, -0.2) is 36.8 Å². The van der Waals surface area contributed by atoms with Crippen LogP contribution >= 0.6 is 11.3 Å². The quantitative estimate of drug-likeness (QED) is 0.601. The minimum absolute atomic E-state index is 0.0572. The highest BCUT2D eigenvalue weighted by atomic mass is 32.1. The highest BCUT2D eigenvalue weighted by molar-refractivity contribution is 7.18. The zero-order chi connectivity index (χ0) is 23.4. The van der Waals surface area contributed by atoms with Gasteiger partial charge in [-0.1, -0.05) is 36.8 Å². The maximum Gasteiger partial charge on any atom is 0.350 e. The lowest BCUT2D eigenvalue weighted by Gasteiger charge is -2.36. The Balaban J connectivity index is 1.39. The van der Waals surface area contributed by atoms with Gasteiger partial charge in [0.2, 0.25) is 0 Å². The number of ether oxygens (including phenoxy) is 2. The number of fused-ring (bicyclic) bond motifs is 2. The largest absolute Gasteiger partial charge is 0.462 e. The van der Waals surface area contributed by atoms with Crippen molar-refractivity contribution in [3.8, 4) is 10.4 Å². The van der Waals surface area contributed by atoms with Crippen molar-refractivity contribution < 1.29 is 28.7 Å². The fraction of sp³-hybridized carbons (Fsp3) is 0.440. The van der Waals surface area contributed by atoms with Crippen LogP contribution in [-0.2, 0) is 23.9 Å². The first-order valence-electron chi connectivity index (χ1n) is 11.3. The maximum absolute atomic E-state index is 12.6. The van der Waals surface area contributed by atoms with Gasteiger partial charge in [-0.25, -0.2) is 4.79 Å². The van der Waals surface area contributed by atoms with E-state index in [-0.39, 0.29) is 35.0 Å². The van der Waals surface area contributed by atoms with Gasteiger partial charge in [0.25, 0.3) is 5.91 Å². The van der Waals surface area contributed by atoms with Gasteiger partial charge in [0.1, 0.15) is 10.7 Å². The van der Waals surface area contributed by atoms with Crippen molar-refractivity contribution in [3.05, 3.63) is 41.3 Å². The number of nitrogens with one attached hydrogen (secondary N) is 1. The number of hydrogen-bond donors (Lipinski definition) is 1. The highest BCUT2D eigenvalue weighted by Crippen LogP contribution is 2.40. The second-order valence-corrected chi connectivity index (χ2v) is 9.54. The van der Waals surface area contributed by atoms with E-state index >= 15 is 0 Å². The number of benzene rings is 1. The third-order valence-electron chi connectivity index (χ3n) is 6.25. The van der Waals surface area contributed by atoms with Crippen molar-refractivity contribution in [3.63, 3.8) is 0 Å². The van der Waals surface area contributed by atoms with Crippen LogP contribution in [0.1, 0.15) is 48.7 Å². The first kappa shape index (κ1) is 23.2. The van der Waals surface area contributed by atoms with E-state index in [4.69, 9.17) is 9.47 Å². The lowest BCUT2D eigenvalue weighted by atomic mass is 9.67. The number of esters is 2. The van der Waals surface area contributed by atoms with Crippen molar-refractivity contribution in [2.75, 3.05) is 18.5 Å². The van der Waals surface area contributed by atoms with Crippen LogP contribution < -0.4 is 5.32 Å². The molecule has 2 aliphatic carbocycles. The number of Topliss-reactive ketones (excluding diaryl/α,β-unsaturated/α-hetero) is 1. The van der Waals surface area contributed by atoms with E-state index < -0.39 is 24.5 Å². The Hall–Kier alpha value is -3.00. The molecule has 174 valence electrons. The fourth-order valence-corrected chi connectivity index (χ4v) is 5.70. The number of carbonyl (C=O) groups is 4. The first-order chi connectivity index (χ1) is 16.0. The molecule has 1 heterocycles. The number of anilines is 1. The summed E-state index contributed by atoms with van der Waals surface area (Å²) in [4.78, 5) is 50.8. The predicted molar refractivity (Wildman–Crippen MR) is 124 cm³/mol. The summed E-state index contributed by atoms with van der Waals surface area (Å²) < 4.78 is 10.4. The Morgan fingerprint density at radius 3 is 2.42 bits per heavy atom. The van der Waals surface area contributed by atoms with Gasteiger partial charge in [-0.05, 0) is 44.2 Å². The second kappa shape index (κ2) is 10.3. The molecule has 8 heteroatoms. The summed E-state index contributed by atoms with van der Waals surface area (Å²) >= 11 is 1.23. The molecule has 1 amide bonds. The predicted octanol–water partition coefficient (Wildman–Crippen LogP) is 4.47. The van der Waals surface area contributed by atoms with Crippen LogP contribution in [0.25, 0.3) is 10.4 Å². The number of rotatable bonds is 7. The van der Waals surface area contributed by atoms with Crippen LogP contribution in [0.15, 0.2) is 36.4 Å². The van der Waals surface area contributed by atoms with E-state index in [1.165, 1.54) is 11.3 Å². The maximum atomic E-state index is 12.6. The summed E-state index contributed by atoms with van der Waals surface area (Å²) in [7, 11) is 0. The monoisotopic (exact) mass is 469 g/mol. The molecule has 33 heavy (non-hydrogen) atoms. The SMILES string of the molecule is CCOC(=O)c1sc(-c2ccccc2)cc1NC(=O)COC(=O)C1CC2CCCC(C1)C2=O. The highest BCUT2D eigenvalue weighted by Gasteiger charge is 2.41. The van der Waals surface area contributed by atoms with Gasteiger partial charge in [0.15, 0.2) is 6.61 Å². The summed E-state index contributed by atoms with van der Waals surface area (Å²) in [5.41, 5.74) is 1.24. The van der Waals surface area contributed by atoms with E-state index in [1.54, 1.807) is 13.0 Å². The third-order valence-corrected chi connectivity index (χ3v) is 7.42. The van der Waals surface area contributed by atoms with Crippen LogP contribution in [0.4, 0.5) is 5.69 Å². The van der Waals surface area contributed by atoms with Crippen LogP contribution in [0, 0.1) is 17.8 Å². The van der Waals surface area contributed by atoms with Gasteiger partial charge in [0, 0.05) is 16.7 Å². The lowest BCUT2D eigenvalue weighted by Crippen LogP contribution is -2.40. The van der Waals surface area contributed by atoms with Gasteiger partial charge in [-0.3, -0.25) is 14.4 Å². The second-order valence-electron chi connectivity index (χ2n) is 8.49. The number of amides is 1. The molecule has 2 saturated carbocycles. The van der Waals surface area contributed by atoms with Crippen molar-refractivity contribution in [1.82, 2.24) is 0 Å². The van der Waals surface area contributed by atoms with Crippen LogP contribution in [0.3, 0.4) is 0 Å². The van der Waals surface area contributed by atoms with Gasteiger partial charge in [-0.15, -0.1) is 11.3 Å². The number of carbonyl (C=O) groups excluding carboxylic acids is 4. The first-order valence-corrected chi connectivity index (χ1v) is 12.1. The van der Waals surface area contributed by atoms with E-state index in [1.807, 2.05) is 30.3 Å². The molecule has 0 spiro atoms. The van der Waals surface area contributed by atoms with Gasteiger partial charge in [-0.2, -0.15) is 0 Å². The smallest absolute Gasteiger partial charge is 0.350 e. The van der Waals surface area contributed by atoms with Gasteiger partial charge < -0.3 is 14.8 Å². The number of ketones is 1. The molecule has 1 aromatic heterocycles. The van der Waals surface area contributed by atoms with Crippen LogP contribution in [0.5, 0.6) is 0 Å². The molecule has 2 aliphatic rings. The molecule has 1 aromatic carbocycles. The van der Waals surface area contributed by atoms with E-state index in [0.29, 0.717) is 18.5 Å². The minimum atomic E-state index is -0.529. The molecule has 0 aliphatic heterocycles. The average molecular weight is 470 g/mol. The van der Waals surface area contributed by atoms with Gasteiger partial charge >= 0.3 is 11.9 Å². The fourth-order valence-electron chi connectivity index (χ4n) is 4.69. The molecule has 2 bridgehead atoms. The zero-order valence-corrected chi connectivity index (χ0v) is 19.3. The minimum Gasteiger partial charge on any atom is -0.462 e. The Morgan fingerprint density at radius 2 is 1.76 bits per heavy atom. The van der Waals surface area contributed by atoms with E-state index in [2.05, 4.69) is 5.32 Å². The van der Waals surface area contributed by atoms with Crippen molar-refractivity contribution >= 4 is 40.7 Å². The van der Waals surface area contributed by atoms with Crippen LogP contribution in [0.2, 0.25) is 0 Å². The summed E-state index contributed by atoms with van der Waals surface area (Å²) in [6.45, 7) is 1.49. The Bertz CT molecular complexity index is 1030. The summed E-state index contributed by atoms with van der Waals surface area (Å²) in [5.74, 6) is -1.66. The van der Waals surface area contributed by atoms with Crippen molar-refractivity contribution in [1.29, 1.82) is 0 Å². The molecule has 0 radical (unpaired) electrons. The Kier molecular flexibility index (Phi) is 7.23. The number of thiophene rings is 1. The average Bonchev–Trinajstić information content (AvgIpc) is 3.22. The molecule has 0 saturated heterocycles. The van der Waals surface area contributed by atoms with E-state index in [0.717, 1.165) is 29.7 Å². The van der Waals surface area contributed by atoms with Crippen molar-refractivity contribution in [2.24, 2.45) is 17.8 Å².